The Balaban J connectivity index is 1.45. The second-order valence-corrected chi connectivity index (χ2v) is 9.24. The molecular weight excluding hydrogens is 420 g/mol. The fourth-order valence-corrected chi connectivity index (χ4v) is 4.21. The number of hydrogen-bond acceptors (Lipinski definition) is 3. The zero-order valence-corrected chi connectivity index (χ0v) is 19.4. The van der Waals surface area contributed by atoms with Crippen molar-refractivity contribution in [3.63, 3.8) is 0 Å². The van der Waals surface area contributed by atoms with Gasteiger partial charge in [-0.25, -0.2) is 0 Å². The molecule has 1 saturated carbocycles. The van der Waals surface area contributed by atoms with E-state index in [-0.39, 0.29) is 5.91 Å². The molecule has 1 aromatic heterocycles. The van der Waals surface area contributed by atoms with Crippen molar-refractivity contribution in [2.24, 2.45) is 5.92 Å². The van der Waals surface area contributed by atoms with E-state index in [0.29, 0.717) is 25.6 Å². The number of rotatable bonds is 11. The van der Waals surface area contributed by atoms with Gasteiger partial charge < -0.3 is 9.32 Å². The first-order chi connectivity index (χ1) is 15.5. The Labute approximate surface area is 195 Å². The van der Waals surface area contributed by atoms with Crippen molar-refractivity contribution in [1.82, 2.24) is 9.80 Å². The maximum atomic E-state index is 13.5. The molecule has 0 atom stereocenters. The van der Waals surface area contributed by atoms with Gasteiger partial charge >= 0.3 is 0 Å². The van der Waals surface area contributed by atoms with Gasteiger partial charge in [-0.2, -0.15) is 0 Å². The van der Waals surface area contributed by atoms with Crippen molar-refractivity contribution in [1.29, 1.82) is 0 Å². The number of aryl methyl sites for hydroxylation is 1. The molecule has 3 aromatic rings. The molecule has 0 aliphatic heterocycles. The molecule has 0 unspecified atom stereocenters. The molecule has 0 N–H and O–H groups in total. The minimum absolute atomic E-state index is 0.137. The van der Waals surface area contributed by atoms with E-state index < -0.39 is 0 Å². The predicted molar refractivity (Wildman–Crippen MR) is 128 cm³/mol. The van der Waals surface area contributed by atoms with Crippen LogP contribution >= 0.6 is 11.6 Å². The van der Waals surface area contributed by atoms with Crippen molar-refractivity contribution in [3.05, 3.63) is 94.4 Å². The first-order valence-electron chi connectivity index (χ1n) is 11.4. The minimum Gasteiger partial charge on any atom is -0.464 e. The molecule has 1 aliphatic carbocycles. The highest BCUT2D eigenvalue weighted by molar-refractivity contribution is 6.30. The van der Waals surface area contributed by atoms with Crippen LogP contribution in [0.15, 0.2) is 71.1 Å². The van der Waals surface area contributed by atoms with Gasteiger partial charge in [-0.15, -0.1) is 0 Å². The second kappa shape index (κ2) is 10.8. The summed E-state index contributed by atoms with van der Waals surface area (Å²) in [6.07, 6.45) is 3.33. The van der Waals surface area contributed by atoms with Gasteiger partial charge in [-0.05, 0) is 67.5 Å². The fraction of sp³-hybridized carbons (Fsp3) is 0.370. The van der Waals surface area contributed by atoms with Gasteiger partial charge in [-0.3, -0.25) is 9.69 Å². The van der Waals surface area contributed by atoms with Gasteiger partial charge in [0.25, 0.3) is 0 Å². The SMILES string of the molecule is Cc1ccc(CN(CCc2ccccc2)C(=O)CN(Cc2cccc(Cl)c2)CC2CC2)o1. The summed E-state index contributed by atoms with van der Waals surface area (Å²) >= 11 is 6.19. The van der Waals surface area contributed by atoms with Crippen LogP contribution in [0.2, 0.25) is 5.02 Å². The number of benzene rings is 2. The van der Waals surface area contributed by atoms with Gasteiger partial charge in [0.2, 0.25) is 5.91 Å². The van der Waals surface area contributed by atoms with Gasteiger partial charge in [0.05, 0.1) is 13.1 Å². The smallest absolute Gasteiger partial charge is 0.237 e. The average Bonchev–Trinajstić information content (AvgIpc) is 3.50. The highest BCUT2D eigenvalue weighted by atomic mass is 35.5. The van der Waals surface area contributed by atoms with E-state index in [4.69, 9.17) is 16.0 Å². The summed E-state index contributed by atoms with van der Waals surface area (Å²) in [5.74, 6) is 2.53. The lowest BCUT2D eigenvalue weighted by Crippen LogP contribution is -2.41. The van der Waals surface area contributed by atoms with Crippen LogP contribution in [0.3, 0.4) is 0 Å². The van der Waals surface area contributed by atoms with Crippen molar-refractivity contribution in [2.75, 3.05) is 19.6 Å². The Bertz CT molecular complexity index is 1010. The van der Waals surface area contributed by atoms with E-state index in [9.17, 15) is 4.79 Å². The van der Waals surface area contributed by atoms with E-state index in [1.54, 1.807) is 0 Å². The zero-order valence-electron chi connectivity index (χ0n) is 18.7. The average molecular weight is 451 g/mol. The normalized spacial score (nSPS) is 13.5. The standard InChI is InChI=1S/C27H31ClN2O2/c1-21-10-13-26(32-21)19-30(15-14-22-6-3-2-4-7-22)27(31)20-29(17-23-11-12-23)18-24-8-5-9-25(28)16-24/h2-10,13,16,23H,11-12,14-15,17-20H2,1H3. The Morgan fingerprint density at radius 2 is 1.78 bits per heavy atom. The Morgan fingerprint density at radius 1 is 1.00 bits per heavy atom. The maximum absolute atomic E-state index is 13.5. The number of amides is 1. The third-order valence-electron chi connectivity index (χ3n) is 5.88. The molecule has 0 spiro atoms. The third kappa shape index (κ3) is 6.98. The van der Waals surface area contributed by atoms with Crippen LogP contribution in [0, 0.1) is 12.8 Å². The van der Waals surface area contributed by atoms with Crippen molar-refractivity contribution < 1.29 is 9.21 Å². The fourth-order valence-electron chi connectivity index (χ4n) is 3.99. The highest BCUT2D eigenvalue weighted by Gasteiger charge is 2.27. The Kier molecular flexibility index (Phi) is 7.67. The maximum Gasteiger partial charge on any atom is 0.237 e. The summed E-state index contributed by atoms with van der Waals surface area (Å²) in [5.41, 5.74) is 2.37. The van der Waals surface area contributed by atoms with E-state index in [1.807, 2.05) is 60.4 Å². The van der Waals surface area contributed by atoms with Crippen LogP contribution in [0.4, 0.5) is 0 Å². The van der Waals surface area contributed by atoms with E-state index in [0.717, 1.165) is 41.6 Å². The number of hydrogen-bond donors (Lipinski definition) is 0. The van der Waals surface area contributed by atoms with Gasteiger partial charge in [-0.1, -0.05) is 54.1 Å². The number of halogens is 1. The molecule has 2 aromatic carbocycles. The van der Waals surface area contributed by atoms with Crippen molar-refractivity contribution >= 4 is 17.5 Å². The predicted octanol–water partition coefficient (Wildman–Crippen LogP) is 5.72. The largest absolute Gasteiger partial charge is 0.464 e. The Hall–Kier alpha value is -2.56. The van der Waals surface area contributed by atoms with E-state index in [2.05, 4.69) is 23.1 Å². The monoisotopic (exact) mass is 450 g/mol. The van der Waals surface area contributed by atoms with Crippen LogP contribution in [-0.4, -0.2) is 35.3 Å². The molecule has 0 bridgehead atoms. The highest BCUT2D eigenvalue weighted by Crippen LogP contribution is 2.30. The molecule has 32 heavy (non-hydrogen) atoms. The lowest BCUT2D eigenvalue weighted by molar-refractivity contribution is -0.133. The number of nitrogens with zero attached hydrogens (tertiary/aromatic N) is 2. The van der Waals surface area contributed by atoms with Crippen LogP contribution in [0.25, 0.3) is 0 Å². The first kappa shape index (κ1) is 22.6. The molecular formula is C27H31ClN2O2. The zero-order chi connectivity index (χ0) is 22.3. The summed E-state index contributed by atoms with van der Waals surface area (Å²) in [6, 6.07) is 22.2. The van der Waals surface area contributed by atoms with Crippen molar-refractivity contribution in [3.8, 4) is 0 Å². The molecule has 1 aliphatic rings. The van der Waals surface area contributed by atoms with Gasteiger partial charge in [0.15, 0.2) is 0 Å². The lowest BCUT2D eigenvalue weighted by atomic mass is 10.1. The molecule has 1 fully saturated rings. The number of furan rings is 1. The lowest BCUT2D eigenvalue weighted by Gasteiger charge is -2.27. The molecule has 1 amide bonds. The van der Waals surface area contributed by atoms with Crippen LogP contribution in [0.5, 0.6) is 0 Å². The molecule has 168 valence electrons. The molecule has 0 saturated heterocycles. The third-order valence-corrected chi connectivity index (χ3v) is 6.11. The number of carbonyl (C=O) groups is 1. The van der Waals surface area contributed by atoms with E-state index in [1.165, 1.54) is 18.4 Å². The van der Waals surface area contributed by atoms with Gasteiger partial charge in [0.1, 0.15) is 11.5 Å². The summed E-state index contributed by atoms with van der Waals surface area (Å²) < 4.78 is 5.78. The van der Waals surface area contributed by atoms with Crippen LogP contribution in [-0.2, 0) is 24.3 Å². The molecule has 4 nitrogen and oxygen atoms in total. The van der Waals surface area contributed by atoms with E-state index >= 15 is 0 Å². The minimum atomic E-state index is 0.137. The first-order valence-corrected chi connectivity index (χ1v) is 11.8. The Morgan fingerprint density at radius 3 is 2.47 bits per heavy atom. The molecule has 4 rings (SSSR count). The summed E-state index contributed by atoms with van der Waals surface area (Å²) in [5, 5.41) is 0.734. The molecule has 0 radical (unpaired) electrons. The van der Waals surface area contributed by atoms with Crippen LogP contribution < -0.4 is 0 Å². The topological polar surface area (TPSA) is 36.7 Å². The summed E-state index contributed by atoms with van der Waals surface area (Å²) in [4.78, 5) is 17.7. The summed E-state index contributed by atoms with van der Waals surface area (Å²) in [7, 11) is 0. The summed E-state index contributed by atoms with van der Waals surface area (Å²) in [6.45, 7) is 5.17. The van der Waals surface area contributed by atoms with Crippen LogP contribution in [0.1, 0.15) is 35.5 Å². The molecule has 1 heterocycles. The quantitative estimate of drug-likeness (QED) is 0.374. The van der Waals surface area contributed by atoms with Gasteiger partial charge in [0, 0.05) is 24.7 Å². The molecule has 5 heteroatoms. The number of carbonyl (C=O) groups excluding carboxylic acids is 1. The van der Waals surface area contributed by atoms with Crippen molar-refractivity contribution in [2.45, 2.75) is 39.3 Å². The second-order valence-electron chi connectivity index (χ2n) is 8.81.